The maximum absolute atomic E-state index is 12.1. The van der Waals surface area contributed by atoms with Crippen LogP contribution in [0.5, 0.6) is 11.5 Å². The van der Waals surface area contributed by atoms with Crippen LogP contribution in [-0.2, 0) is 18.2 Å². The van der Waals surface area contributed by atoms with Crippen molar-refractivity contribution in [2.24, 2.45) is 7.05 Å². The Bertz CT molecular complexity index is 1350. The van der Waals surface area contributed by atoms with Crippen molar-refractivity contribution in [3.05, 3.63) is 72.1 Å². The van der Waals surface area contributed by atoms with Gasteiger partial charge >= 0.3 is 0 Å². The number of rotatable bonds is 8. The van der Waals surface area contributed by atoms with E-state index < -0.39 is 0 Å². The van der Waals surface area contributed by atoms with Crippen LogP contribution in [0.15, 0.2) is 60.8 Å². The van der Waals surface area contributed by atoms with E-state index >= 15 is 0 Å². The number of hydrogen-bond acceptors (Lipinski definition) is 7. The Morgan fingerprint density at radius 2 is 1.92 bits per heavy atom. The van der Waals surface area contributed by atoms with E-state index in [2.05, 4.69) is 44.8 Å². The molecule has 0 saturated carbocycles. The van der Waals surface area contributed by atoms with E-state index in [1.807, 2.05) is 29.8 Å². The number of imidazole rings is 1. The third-order valence-electron chi connectivity index (χ3n) is 6.32. The summed E-state index contributed by atoms with van der Waals surface area (Å²) in [7, 11) is 3.54. The predicted octanol–water partition coefficient (Wildman–Crippen LogP) is 3.74. The minimum Gasteiger partial charge on any atom is -0.455 e. The molecule has 9 nitrogen and oxygen atoms in total. The van der Waals surface area contributed by atoms with Gasteiger partial charge in [0.1, 0.15) is 5.75 Å². The van der Waals surface area contributed by atoms with Crippen LogP contribution < -0.4 is 15.4 Å². The fourth-order valence-corrected chi connectivity index (χ4v) is 4.24. The molecule has 1 saturated heterocycles. The molecule has 0 unspecified atom stereocenters. The molecular weight excluding hydrogens is 456 g/mol. The smallest absolute Gasteiger partial charge is 0.273 e. The van der Waals surface area contributed by atoms with Crippen LogP contribution in [-0.4, -0.2) is 65.2 Å². The number of carbonyl (C=O) groups is 1. The van der Waals surface area contributed by atoms with Crippen molar-refractivity contribution in [2.45, 2.75) is 6.42 Å². The van der Waals surface area contributed by atoms with Crippen molar-refractivity contribution >= 4 is 28.6 Å². The van der Waals surface area contributed by atoms with E-state index in [-0.39, 0.29) is 11.6 Å². The second-order valence-corrected chi connectivity index (χ2v) is 8.70. The van der Waals surface area contributed by atoms with Crippen LogP contribution in [0.4, 0.5) is 11.6 Å². The molecule has 1 aliphatic heterocycles. The van der Waals surface area contributed by atoms with Crippen molar-refractivity contribution in [3.8, 4) is 11.5 Å². The summed E-state index contributed by atoms with van der Waals surface area (Å²) < 4.78 is 13.4. The molecule has 1 aliphatic rings. The number of aryl methyl sites for hydroxylation is 1. The normalized spacial score (nSPS) is 14.1. The highest BCUT2D eigenvalue weighted by atomic mass is 16.5. The topological polar surface area (TPSA) is 93.5 Å². The lowest BCUT2D eigenvalue weighted by Crippen LogP contribution is -2.37. The number of nitrogens with zero attached hydrogens (tertiary/aromatic N) is 4. The number of carbonyl (C=O) groups excluding carboxylic acids is 1. The first-order chi connectivity index (χ1) is 17.6. The SMILES string of the molecule is CNC(=O)c1ncccc1Oc1ccc2c(c1)nc(Nc1ccc(CCN3CCOCC3)cc1)n2C. The Hall–Kier alpha value is -3.95. The van der Waals surface area contributed by atoms with Crippen molar-refractivity contribution in [2.75, 3.05) is 45.2 Å². The minimum absolute atomic E-state index is 0.233. The number of nitrogens with one attached hydrogen (secondary N) is 2. The number of benzene rings is 2. The summed E-state index contributed by atoms with van der Waals surface area (Å²) >= 11 is 0. The second kappa shape index (κ2) is 10.8. The molecule has 1 amide bonds. The van der Waals surface area contributed by atoms with Gasteiger partial charge < -0.3 is 24.7 Å². The standard InChI is InChI=1S/C27H30N6O3/c1-28-26(34)25-24(4-3-12-29-25)36-21-9-10-23-22(18-21)31-27(32(23)2)30-20-7-5-19(6-8-20)11-13-33-14-16-35-17-15-33/h3-10,12,18H,11,13-17H2,1-2H3,(H,28,34)(H,30,31). The molecule has 0 radical (unpaired) electrons. The maximum atomic E-state index is 12.1. The Labute approximate surface area is 210 Å². The van der Waals surface area contributed by atoms with E-state index in [1.54, 1.807) is 25.4 Å². The highest BCUT2D eigenvalue weighted by molar-refractivity contribution is 5.94. The van der Waals surface area contributed by atoms with Gasteiger partial charge in [0.15, 0.2) is 11.4 Å². The summed E-state index contributed by atoms with van der Waals surface area (Å²) in [6.07, 6.45) is 2.59. The van der Waals surface area contributed by atoms with Crippen molar-refractivity contribution in [1.29, 1.82) is 0 Å². The highest BCUT2D eigenvalue weighted by Crippen LogP contribution is 2.29. The van der Waals surface area contributed by atoms with Gasteiger partial charge in [0.25, 0.3) is 5.91 Å². The molecule has 1 fully saturated rings. The summed E-state index contributed by atoms with van der Waals surface area (Å²) in [4.78, 5) is 23.5. The van der Waals surface area contributed by atoms with E-state index in [1.165, 1.54) is 5.56 Å². The molecule has 186 valence electrons. The van der Waals surface area contributed by atoms with Crippen LogP contribution in [0.2, 0.25) is 0 Å². The van der Waals surface area contributed by atoms with E-state index in [0.717, 1.165) is 61.9 Å². The van der Waals surface area contributed by atoms with Gasteiger partial charge in [0, 0.05) is 51.7 Å². The number of anilines is 2. The van der Waals surface area contributed by atoms with Crippen molar-refractivity contribution in [1.82, 2.24) is 24.8 Å². The third-order valence-corrected chi connectivity index (χ3v) is 6.32. The van der Waals surface area contributed by atoms with Gasteiger partial charge in [0.2, 0.25) is 5.95 Å². The first-order valence-corrected chi connectivity index (χ1v) is 12.1. The molecule has 4 aromatic rings. The van der Waals surface area contributed by atoms with Gasteiger partial charge in [-0.1, -0.05) is 12.1 Å². The lowest BCUT2D eigenvalue weighted by molar-refractivity contribution is 0.0384. The van der Waals surface area contributed by atoms with Gasteiger partial charge in [-0.3, -0.25) is 9.69 Å². The minimum atomic E-state index is -0.303. The zero-order chi connectivity index (χ0) is 24.9. The molecule has 0 spiro atoms. The van der Waals surface area contributed by atoms with Gasteiger partial charge in [-0.25, -0.2) is 9.97 Å². The molecule has 0 bridgehead atoms. The fourth-order valence-electron chi connectivity index (χ4n) is 4.24. The number of aromatic nitrogens is 3. The van der Waals surface area contributed by atoms with E-state index in [9.17, 15) is 4.79 Å². The van der Waals surface area contributed by atoms with Crippen molar-refractivity contribution in [3.63, 3.8) is 0 Å². The number of ether oxygens (including phenoxy) is 2. The van der Waals surface area contributed by atoms with Crippen LogP contribution in [0.1, 0.15) is 16.1 Å². The van der Waals surface area contributed by atoms with Crippen LogP contribution in [0, 0.1) is 0 Å². The zero-order valence-corrected chi connectivity index (χ0v) is 20.5. The Balaban J connectivity index is 1.28. The lowest BCUT2D eigenvalue weighted by atomic mass is 10.1. The summed E-state index contributed by atoms with van der Waals surface area (Å²) in [6.45, 7) is 4.73. The molecule has 0 aliphatic carbocycles. The third kappa shape index (κ3) is 5.32. The molecule has 9 heteroatoms. The van der Waals surface area contributed by atoms with E-state index in [0.29, 0.717) is 11.5 Å². The molecular formula is C27H30N6O3. The molecule has 2 aromatic carbocycles. The van der Waals surface area contributed by atoms with Crippen LogP contribution >= 0.6 is 0 Å². The number of amides is 1. The monoisotopic (exact) mass is 486 g/mol. The zero-order valence-electron chi connectivity index (χ0n) is 20.5. The van der Waals surface area contributed by atoms with Gasteiger partial charge in [-0.05, 0) is 48.4 Å². The lowest BCUT2D eigenvalue weighted by Gasteiger charge is -2.26. The van der Waals surface area contributed by atoms with E-state index in [4.69, 9.17) is 14.5 Å². The summed E-state index contributed by atoms with van der Waals surface area (Å²) in [6, 6.07) is 17.6. The predicted molar refractivity (Wildman–Crippen MR) is 139 cm³/mol. The average Bonchev–Trinajstić information content (AvgIpc) is 3.22. The largest absolute Gasteiger partial charge is 0.455 e. The molecule has 2 aromatic heterocycles. The number of pyridine rings is 1. The Morgan fingerprint density at radius 1 is 1.11 bits per heavy atom. The van der Waals surface area contributed by atoms with Crippen molar-refractivity contribution < 1.29 is 14.3 Å². The van der Waals surface area contributed by atoms with Gasteiger partial charge in [0.05, 0.1) is 24.2 Å². The molecule has 2 N–H and O–H groups in total. The Morgan fingerprint density at radius 3 is 2.69 bits per heavy atom. The van der Waals surface area contributed by atoms with Crippen LogP contribution in [0.25, 0.3) is 11.0 Å². The first kappa shape index (κ1) is 23.8. The quantitative estimate of drug-likeness (QED) is 0.392. The van der Waals surface area contributed by atoms with Gasteiger partial charge in [-0.15, -0.1) is 0 Å². The first-order valence-electron chi connectivity index (χ1n) is 12.1. The second-order valence-electron chi connectivity index (χ2n) is 8.70. The summed E-state index contributed by atoms with van der Waals surface area (Å²) in [5, 5.41) is 6.00. The average molecular weight is 487 g/mol. The molecule has 36 heavy (non-hydrogen) atoms. The summed E-state index contributed by atoms with van der Waals surface area (Å²) in [5.74, 6) is 1.40. The number of fused-ring (bicyclic) bond motifs is 1. The molecule has 3 heterocycles. The number of hydrogen-bond donors (Lipinski definition) is 2. The summed E-state index contributed by atoms with van der Waals surface area (Å²) in [5.41, 5.74) is 4.27. The maximum Gasteiger partial charge on any atom is 0.273 e. The molecule has 0 atom stereocenters. The Kier molecular flexibility index (Phi) is 7.11. The highest BCUT2D eigenvalue weighted by Gasteiger charge is 2.15. The number of morpholine rings is 1. The van der Waals surface area contributed by atoms with Crippen LogP contribution in [0.3, 0.4) is 0 Å². The molecule has 5 rings (SSSR count). The fraction of sp³-hybridized carbons (Fsp3) is 0.296. The van der Waals surface area contributed by atoms with Gasteiger partial charge in [-0.2, -0.15) is 0 Å².